The lowest BCUT2D eigenvalue weighted by Crippen LogP contribution is -2.06. The van der Waals surface area contributed by atoms with Gasteiger partial charge in [-0.3, -0.25) is 4.21 Å². The van der Waals surface area contributed by atoms with Crippen molar-refractivity contribution < 1.29 is 4.21 Å². The number of rotatable bonds is 7. The van der Waals surface area contributed by atoms with Gasteiger partial charge in [-0.25, -0.2) is 0 Å². The number of anilines is 1. The van der Waals surface area contributed by atoms with Gasteiger partial charge in [0.1, 0.15) is 0 Å². The highest BCUT2D eigenvalue weighted by Crippen LogP contribution is 2.19. The number of hydrogen-bond donors (Lipinski definition) is 1. The van der Waals surface area contributed by atoms with Crippen molar-refractivity contribution in [1.29, 1.82) is 0 Å². The van der Waals surface area contributed by atoms with Crippen LogP contribution in [0.3, 0.4) is 0 Å². The Balaban J connectivity index is 1.84. The first-order valence-corrected chi connectivity index (χ1v) is 9.05. The van der Waals surface area contributed by atoms with E-state index in [0.29, 0.717) is 11.7 Å². The van der Waals surface area contributed by atoms with Crippen LogP contribution in [0.1, 0.15) is 30.4 Å². The van der Waals surface area contributed by atoms with Crippen LogP contribution in [0.2, 0.25) is 0 Å². The second kappa shape index (κ2) is 7.99. The number of hydrogen-bond acceptors (Lipinski definition) is 2. The summed E-state index contributed by atoms with van der Waals surface area (Å²) in [6, 6.07) is 18.8. The number of nitrogens with one attached hydrogen (secondary N) is 1. The summed E-state index contributed by atoms with van der Waals surface area (Å²) in [4.78, 5) is 0. The van der Waals surface area contributed by atoms with Gasteiger partial charge >= 0.3 is 0 Å². The van der Waals surface area contributed by atoms with Crippen LogP contribution >= 0.6 is 0 Å². The summed E-state index contributed by atoms with van der Waals surface area (Å²) >= 11 is 0. The second-order valence-corrected chi connectivity index (χ2v) is 6.88. The fourth-order valence-corrected chi connectivity index (χ4v) is 3.04. The van der Waals surface area contributed by atoms with E-state index in [1.54, 1.807) is 6.26 Å². The molecule has 2 nitrogen and oxygen atoms in total. The molecule has 0 aliphatic rings. The highest BCUT2D eigenvalue weighted by Gasteiger charge is 2.04. The van der Waals surface area contributed by atoms with Crippen molar-refractivity contribution >= 4 is 16.5 Å². The molecule has 21 heavy (non-hydrogen) atoms. The van der Waals surface area contributed by atoms with Crippen LogP contribution in [0, 0.1) is 0 Å². The average Bonchev–Trinajstić information content (AvgIpc) is 2.48. The van der Waals surface area contributed by atoms with Crippen LogP contribution in [-0.4, -0.2) is 17.0 Å². The Kier molecular flexibility index (Phi) is 6.00. The van der Waals surface area contributed by atoms with E-state index in [0.717, 1.165) is 24.2 Å². The normalized spacial score (nSPS) is 13.6. The van der Waals surface area contributed by atoms with E-state index >= 15 is 0 Å². The summed E-state index contributed by atoms with van der Waals surface area (Å²) in [6.45, 7) is 3.20. The molecule has 0 fully saturated rings. The third kappa shape index (κ3) is 5.35. The first kappa shape index (κ1) is 15.8. The quantitative estimate of drug-likeness (QED) is 0.831. The lowest BCUT2D eigenvalue weighted by Gasteiger charge is -2.13. The van der Waals surface area contributed by atoms with E-state index in [-0.39, 0.29) is 0 Å². The van der Waals surface area contributed by atoms with E-state index in [9.17, 15) is 4.21 Å². The molecule has 0 aliphatic heterocycles. The molecule has 0 spiro atoms. The fraction of sp³-hybridized carbons (Fsp3) is 0.333. The molecule has 0 unspecified atom stereocenters. The van der Waals surface area contributed by atoms with E-state index in [1.807, 2.05) is 12.1 Å². The Labute approximate surface area is 130 Å². The Morgan fingerprint density at radius 3 is 2.57 bits per heavy atom. The van der Waals surface area contributed by atoms with Crippen LogP contribution in [0.5, 0.6) is 0 Å². The molecule has 0 saturated carbocycles. The van der Waals surface area contributed by atoms with Gasteiger partial charge in [0, 0.05) is 35.0 Å². The van der Waals surface area contributed by atoms with Crippen molar-refractivity contribution in [3.05, 3.63) is 65.7 Å². The summed E-state index contributed by atoms with van der Waals surface area (Å²) in [6.07, 6.45) is 2.83. The molecule has 0 aliphatic carbocycles. The maximum Gasteiger partial charge on any atom is 0.0483 e. The van der Waals surface area contributed by atoms with E-state index in [4.69, 9.17) is 0 Å². The summed E-state index contributed by atoms with van der Waals surface area (Å²) in [5.41, 5.74) is 3.62. The van der Waals surface area contributed by atoms with Gasteiger partial charge in [-0.15, -0.1) is 0 Å². The second-order valence-electron chi connectivity index (χ2n) is 5.45. The van der Waals surface area contributed by atoms with Gasteiger partial charge in [-0.1, -0.05) is 49.4 Å². The molecule has 0 saturated heterocycles. The van der Waals surface area contributed by atoms with Gasteiger partial charge in [0.25, 0.3) is 0 Å². The maximum atomic E-state index is 11.3. The molecule has 3 heteroatoms. The lowest BCUT2D eigenvalue weighted by atomic mass is 9.98. The highest BCUT2D eigenvalue weighted by molar-refractivity contribution is 7.83. The summed E-state index contributed by atoms with van der Waals surface area (Å²) in [5, 5.41) is 3.46. The predicted molar refractivity (Wildman–Crippen MR) is 92.2 cm³/mol. The van der Waals surface area contributed by atoms with Gasteiger partial charge in [0.15, 0.2) is 0 Å². The zero-order chi connectivity index (χ0) is 15.1. The van der Waals surface area contributed by atoms with E-state index in [1.165, 1.54) is 5.56 Å². The molecule has 2 atom stereocenters. The van der Waals surface area contributed by atoms with Crippen molar-refractivity contribution in [1.82, 2.24) is 0 Å². The Morgan fingerprint density at radius 2 is 1.86 bits per heavy atom. The fourth-order valence-electron chi connectivity index (χ4n) is 2.39. The smallest absolute Gasteiger partial charge is 0.0483 e. The zero-order valence-corrected chi connectivity index (χ0v) is 13.5. The third-order valence-electron chi connectivity index (χ3n) is 3.57. The van der Waals surface area contributed by atoms with Crippen LogP contribution in [0.25, 0.3) is 0 Å². The monoisotopic (exact) mass is 301 g/mol. The third-order valence-corrected chi connectivity index (χ3v) is 4.31. The molecule has 0 bridgehead atoms. The molecule has 0 amide bonds. The SMILES string of the molecule is C[C@H](CCNc1cccc(C[S@@](C)=O)c1)c1ccccc1. The summed E-state index contributed by atoms with van der Waals surface area (Å²) < 4.78 is 11.3. The minimum Gasteiger partial charge on any atom is -0.385 e. The minimum atomic E-state index is -0.791. The lowest BCUT2D eigenvalue weighted by molar-refractivity contribution is 0.686. The van der Waals surface area contributed by atoms with Crippen molar-refractivity contribution in [2.24, 2.45) is 0 Å². The van der Waals surface area contributed by atoms with E-state index < -0.39 is 10.8 Å². The van der Waals surface area contributed by atoms with Gasteiger partial charge in [-0.2, -0.15) is 0 Å². The van der Waals surface area contributed by atoms with Crippen molar-refractivity contribution in [3.8, 4) is 0 Å². The summed E-state index contributed by atoms with van der Waals surface area (Å²) in [7, 11) is -0.791. The van der Waals surface area contributed by atoms with Gasteiger partial charge in [-0.05, 0) is 35.6 Å². The molecule has 0 radical (unpaired) electrons. The van der Waals surface area contributed by atoms with Crippen LogP contribution in [0.15, 0.2) is 54.6 Å². The average molecular weight is 301 g/mol. The number of benzene rings is 2. The van der Waals surface area contributed by atoms with Gasteiger partial charge in [0.2, 0.25) is 0 Å². The van der Waals surface area contributed by atoms with Crippen molar-refractivity contribution in [2.45, 2.75) is 25.0 Å². The molecule has 0 aromatic heterocycles. The van der Waals surface area contributed by atoms with Gasteiger partial charge in [0.05, 0.1) is 0 Å². The Morgan fingerprint density at radius 1 is 1.10 bits per heavy atom. The molecule has 2 aromatic carbocycles. The van der Waals surface area contributed by atoms with Crippen LogP contribution < -0.4 is 5.32 Å². The Hall–Kier alpha value is -1.61. The highest BCUT2D eigenvalue weighted by atomic mass is 32.2. The molecular weight excluding hydrogens is 278 g/mol. The molecular formula is C18H23NOS. The largest absolute Gasteiger partial charge is 0.385 e. The van der Waals surface area contributed by atoms with E-state index in [2.05, 4.69) is 54.7 Å². The molecule has 2 rings (SSSR count). The standard InChI is InChI=1S/C18H23NOS/c1-15(17-8-4-3-5-9-17)11-12-19-18-10-6-7-16(13-18)14-21(2)20/h3-10,13,15,19H,11-12,14H2,1-2H3/t15-,21-/m1/s1. The molecule has 112 valence electrons. The maximum absolute atomic E-state index is 11.3. The predicted octanol–water partition coefficient (Wildman–Crippen LogP) is 4.17. The topological polar surface area (TPSA) is 29.1 Å². The van der Waals surface area contributed by atoms with Crippen molar-refractivity contribution in [2.75, 3.05) is 18.1 Å². The molecule has 1 N–H and O–H groups in total. The van der Waals surface area contributed by atoms with Gasteiger partial charge < -0.3 is 5.32 Å². The zero-order valence-electron chi connectivity index (χ0n) is 12.7. The minimum absolute atomic E-state index is 0.546. The van der Waals surface area contributed by atoms with Crippen molar-refractivity contribution in [3.63, 3.8) is 0 Å². The summed E-state index contributed by atoms with van der Waals surface area (Å²) in [5.74, 6) is 1.17. The molecule has 2 aromatic rings. The first-order chi connectivity index (χ1) is 10.1. The first-order valence-electron chi connectivity index (χ1n) is 7.33. The molecule has 0 heterocycles. The Bertz CT molecular complexity index is 583. The van der Waals surface area contributed by atoms with Crippen LogP contribution in [0.4, 0.5) is 5.69 Å². The van der Waals surface area contributed by atoms with Crippen LogP contribution in [-0.2, 0) is 16.6 Å².